The van der Waals surface area contributed by atoms with Crippen molar-refractivity contribution in [3.63, 3.8) is 0 Å². The van der Waals surface area contributed by atoms with Crippen molar-refractivity contribution in [2.45, 2.75) is 0 Å². The minimum atomic E-state index is -0.981. The van der Waals surface area contributed by atoms with Crippen LogP contribution in [0.25, 0.3) is 0 Å². The molecule has 0 radical (unpaired) electrons. The van der Waals surface area contributed by atoms with Crippen molar-refractivity contribution in [3.8, 4) is 5.75 Å². The van der Waals surface area contributed by atoms with Gasteiger partial charge in [0.2, 0.25) is 0 Å². The summed E-state index contributed by atoms with van der Waals surface area (Å²) >= 11 is 0. The number of hydrogen-bond acceptors (Lipinski definition) is 3. The Morgan fingerprint density at radius 2 is 1.82 bits per heavy atom. The van der Waals surface area contributed by atoms with Crippen LogP contribution in [0.1, 0.15) is 10.4 Å². The molecule has 0 aliphatic heterocycles. The summed E-state index contributed by atoms with van der Waals surface area (Å²) in [4.78, 5) is 10.8. The molecule has 2 aromatic rings. The maximum absolute atomic E-state index is 10.8. The zero-order valence-electron chi connectivity index (χ0n) is 8.92. The van der Waals surface area contributed by atoms with Gasteiger partial charge in [0.1, 0.15) is 5.75 Å². The van der Waals surface area contributed by atoms with Crippen LogP contribution in [-0.4, -0.2) is 16.2 Å². The van der Waals surface area contributed by atoms with Gasteiger partial charge in [0.25, 0.3) is 0 Å². The lowest BCUT2D eigenvalue weighted by atomic mass is 10.2. The van der Waals surface area contributed by atoms with Crippen molar-refractivity contribution in [2.75, 3.05) is 5.32 Å². The van der Waals surface area contributed by atoms with E-state index < -0.39 is 5.97 Å². The standard InChI is InChI=1S/C13H11NO3/c15-12-7-2-1-6-11(12)14-10-5-3-4-9(8-10)13(16)17/h1-8,14-15H,(H,16,17). The molecule has 0 aliphatic carbocycles. The number of aromatic carboxylic acids is 1. The normalized spacial score (nSPS) is 9.88. The summed E-state index contributed by atoms with van der Waals surface area (Å²) in [5.41, 5.74) is 1.35. The molecule has 0 aromatic heterocycles. The van der Waals surface area contributed by atoms with Crippen LogP contribution >= 0.6 is 0 Å². The number of para-hydroxylation sites is 2. The number of carboxylic acid groups (broad SMARTS) is 1. The smallest absolute Gasteiger partial charge is 0.335 e. The highest BCUT2D eigenvalue weighted by Gasteiger charge is 2.04. The maximum Gasteiger partial charge on any atom is 0.335 e. The number of aromatic hydroxyl groups is 1. The van der Waals surface area contributed by atoms with Crippen LogP contribution < -0.4 is 5.32 Å². The summed E-state index contributed by atoms with van der Waals surface area (Å²) in [5.74, 6) is -0.862. The van der Waals surface area contributed by atoms with Crippen LogP contribution in [0, 0.1) is 0 Å². The third-order valence-corrected chi connectivity index (χ3v) is 2.29. The van der Waals surface area contributed by atoms with Crippen molar-refractivity contribution in [3.05, 3.63) is 54.1 Å². The first-order valence-corrected chi connectivity index (χ1v) is 5.05. The molecule has 2 aromatic carbocycles. The highest BCUT2D eigenvalue weighted by atomic mass is 16.4. The molecule has 86 valence electrons. The monoisotopic (exact) mass is 229 g/mol. The number of anilines is 2. The molecule has 0 saturated heterocycles. The fraction of sp³-hybridized carbons (Fsp3) is 0. The van der Waals surface area contributed by atoms with Gasteiger partial charge in [-0.15, -0.1) is 0 Å². The number of benzene rings is 2. The third-order valence-electron chi connectivity index (χ3n) is 2.29. The molecule has 0 saturated carbocycles. The minimum absolute atomic E-state index is 0.119. The maximum atomic E-state index is 10.8. The van der Waals surface area contributed by atoms with Gasteiger partial charge >= 0.3 is 5.97 Å². The fourth-order valence-electron chi connectivity index (χ4n) is 1.46. The van der Waals surface area contributed by atoms with Gasteiger partial charge < -0.3 is 15.5 Å². The molecular formula is C13H11NO3. The first-order chi connectivity index (χ1) is 8.16. The molecule has 0 amide bonds. The lowest BCUT2D eigenvalue weighted by molar-refractivity contribution is 0.0697. The summed E-state index contributed by atoms with van der Waals surface area (Å²) in [6.07, 6.45) is 0. The first-order valence-electron chi connectivity index (χ1n) is 5.05. The Morgan fingerprint density at radius 1 is 1.06 bits per heavy atom. The van der Waals surface area contributed by atoms with E-state index in [9.17, 15) is 9.90 Å². The van der Waals surface area contributed by atoms with Crippen LogP contribution in [0.5, 0.6) is 5.75 Å². The Balaban J connectivity index is 2.28. The van der Waals surface area contributed by atoms with Crippen molar-refractivity contribution < 1.29 is 15.0 Å². The molecule has 0 unspecified atom stereocenters. The van der Waals surface area contributed by atoms with E-state index in [1.807, 2.05) is 0 Å². The van der Waals surface area contributed by atoms with E-state index in [1.165, 1.54) is 12.1 Å². The zero-order chi connectivity index (χ0) is 12.3. The van der Waals surface area contributed by atoms with Gasteiger partial charge in [-0.25, -0.2) is 4.79 Å². The molecule has 0 aliphatic rings. The van der Waals surface area contributed by atoms with E-state index >= 15 is 0 Å². The lowest BCUT2D eigenvalue weighted by Gasteiger charge is -2.08. The quantitative estimate of drug-likeness (QED) is 0.708. The molecule has 0 fully saturated rings. The number of hydrogen-bond donors (Lipinski definition) is 3. The largest absolute Gasteiger partial charge is 0.506 e. The SMILES string of the molecule is O=C(O)c1cccc(Nc2ccccc2O)c1. The molecule has 0 spiro atoms. The Kier molecular flexibility index (Phi) is 2.96. The second-order valence-corrected chi connectivity index (χ2v) is 3.53. The molecule has 17 heavy (non-hydrogen) atoms. The highest BCUT2D eigenvalue weighted by molar-refractivity contribution is 5.89. The first kappa shape index (κ1) is 11.0. The molecule has 0 heterocycles. The minimum Gasteiger partial charge on any atom is -0.506 e. The predicted octanol–water partition coefficient (Wildman–Crippen LogP) is 2.83. The highest BCUT2D eigenvalue weighted by Crippen LogP contribution is 2.26. The van der Waals surface area contributed by atoms with Crippen molar-refractivity contribution in [1.29, 1.82) is 0 Å². The average Bonchev–Trinajstić information content (AvgIpc) is 2.32. The molecule has 4 heteroatoms. The summed E-state index contributed by atoms with van der Waals surface area (Å²) in [6, 6.07) is 13.2. The van der Waals surface area contributed by atoms with Gasteiger partial charge in [-0.05, 0) is 30.3 Å². The Hall–Kier alpha value is -2.49. The average molecular weight is 229 g/mol. The molecule has 4 nitrogen and oxygen atoms in total. The number of carboxylic acids is 1. The summed E-state index contributed by atoms with van der Waals surface area (Å²) < 4.78 is 0. The Bertz CT molecular complexity index is 552. The van der Waals surface area contributed by atoms with Crippen molar-refractivity contribution >= 4 is 17.3 Å². The van der Waals surface area contributed by atoms with Crippen molar-refractivity contribution in [2.24, 2.45) is 0 Å². The lowest BCUT2D eigenvalue weighted by Crippen LogP contribution is -1.97. The van der Waals surface area contributed by atoms with E-state index in [-0.39, 0.29) is 11.3 Å². The van der Waals surface area contributed by atoms with E-state index in [2.05, 4.69) is 5.32 Å². The summed E-state index contributed by atoms with van der Waals surface area (Å²) in [7, 11) is 0. The van der Waals surface area contributed by atoms with Gasteiger partial charge in [-0.2, -0.15) is 0 Å². The Labute approximate surface area is 98.2 Å². The van der Waals surface area contributed by atoms with E-state index in [0.717, 1.165) is 0 Å². The molecule has 3 N–H and O–H groups in total. The number of nitrogens with one attached hydrogen (secondary N) is 1. The second kappa shape index (κ2) is 4.57. The molecule has 0 bridgehead atoms. The van der Waals surface area contributed by atoms with Gasteiger partial charge in [0.15, 0.2) is 0 Å². The van der Waals surface area contributed by atoms with Crippen LogP contribution in [0.15, 0.2) is 48.5 Å². The second-order valence-electron chi connectivity index (χ2n) is 3.53. The zero-order valence-corrected chi connectivity index (χ0v) is 8.92. The number of phenolic OH excluding ortho intramolecular Hbond substituents is 1. The van der Waals surface area contributed by atoms with E-state index in [1.54, 1.807) is 36.4 Å². The van der Waals surface area contributed by atoms with Gasteiger partial charge in [0, 0.05) is 5.69 Å². The number of rotatable bonds is 3. The van der Waals surface area contributed by atoms with E-state index in [0.29, 0.717) is 11.4 Å². The van der Waals surface area contributed by atoms with Gasteiger partial charge in [-0.1, -0.05) is 18.2 Å². The van der Waals surface area contributed by atoms with E-state index in [4.69, 9.17) is 5.11 Å². The third kappa shape index (κ3) is 2.55. The van der Waals surface area contributed by atoms with Crippen molar-refractivity contribution in [1.82, 2.24) is 0 Å². The van der Waals surface area contributed by atoms with Gasteiger partial charge in [0.05, 0.1) is 11.3 Å². The summed E-state index contributed by atoms with van der Waals surface area (Å²) in [6.45, 7) is 0. The number of phenols is 1. The molecular weight excluding hydrogens is 218 g/mol. The van der Waals surface area contributed by atoms with Crippen LogP contribution in [0.3, 0.4) is 0 Å². The summed E-state index contributed by atoms with van der Waals surface area (Å²) in [5, 5.41) is 21.4. The number of carbonyl (C=O) groups is 1. The molecule has 2 rings (SSSR count). The van der Waals surface area contributed by atoms with Crippen LogP contribution in [-0.2, 0) is 0 Å². The molecule has 0 atom stereocenters. The fourth-order valence-corrected chi connectivity index (χ4v) is 1.46. The topological polar surface area (TPSA) is 69.6 Å². The van der Waals surface area contributed by atoms with Gasteiger partial charge in [-0.3, -0.25) is 0 Å². The Morgan fingerprint density at radius 3 is 2.53 bits per heavy atom. The van der Waals surface area contributed by atoms with Crippen LogP contribution in [0.4, 0.5) is 11.4 Å². The van der Waals surface area contributed by atoms with Crippen LogP contribution in [0.2, 0.25) is 0 Å². The predicted molar refractivity (Wildman–Crippen MR) is 64.8 cm³/mol.